The Hall–Kier alpha value is -0.120. The molecular weight excluding hydrogens is 164 g/mol. The van der Waals surface area contributed by atoms with E-state index < -0.39 is 0 Å². The quantitative estimate of drug-likeness (QED) is 0.676. The summed E-state index contributed by atoms with van der Waals surface area (Å²) in [6.45, 7) is 9.29. The van der Waals surface area contributed by atoms with Crippen molar-refractivity contribution in [3.05, 3.63) is 0 Å². The van der Waals surface area contributed by atoms with Crippen LogP contribution in [0.1, 0.15) is 20.8 Å². The molecule has 13 heavy (non-hydrogen) atoms. The van der Waals surface area contributed by atoms with Crippen LogP contribution in [-0.4, -0.2) is 59.8 Å². The summed E-state index contributed by atoms with van der Waals surface area (Å²) in [5.41, 5.74) is 0. The number of aliphatic hydroxyl groups excluding tert-OH is 1. The first kappa shape index (κ1) is 11.0. The smallest absolute Gasteiger partial charge is 0.0639 e. The van der Waals surface area contributed by atoms with Crippen molar-refractivity contribution in [3.63, 3.8) is 0 Å². The third-order valence-corrected chi connectivity index (χ3v) is 2.96. The van der Waals surface area contributed by atoms with Gasteiger partial charge in [0.05, 0.1) is 6.10 Å². The van der Waals surface area contributed by atoms with Crippen molar-refractivity contribution in [1.29, 1.82) is 0 Å². The van der Waals surface area contributed by atoms with Crippen LogP contribution in [0.25, 0.3) is 0 Å². The van der Waals surface area contributed by atoms with Gasteiger partial charge in [-0.1, -0.05) is 0 Å². The maximum Gasteiger partial charge on any atom is 0.0639 e. The lowest BCUT2D eigenvalue weighted by Crippen LogP contribution is -2.55. The third kappa shape index (κ3) is 2.93. The van der Waals surface area contributed by atoms with Crippen molar-refractivity contribution in [2.45, 2.75) is 39.0 Å². The van der Waals surface area contributed by atoms with Gasteiger partial charge in [-0.3, -0.25) is 9.80 Å². The van der Waals surface area contributed by atoms with E-state index in [4.69, 9.17) is 0 Å². The second kappa shape index (κ2) is 4.40. The molecule has 3 atom stereocenters. The first-order valence-corrected chi connectivity index (χ1v) is 5.13. The Kier molecular flexibility index (Phi) is 3.71. The zero-order chi connectivity index (χ0) is 10.0. The molecule has 1 N–H and O–H groups in total. The van der Waals surface area contributed by atoms with Gasteiger partial charge >= 0.3 is 0 Å². The van der Waals surface area contributed by atoms with E-state index in [2.05, 4.69) is 30.7 Å². The second-order valence-electron chi connectivity index (χ2n) is 4.43. The molecule has 0 aromatic heterocycles. The molecule has 0 bridgehead atoms. The summed E-state index contributed by atoms with van der Waals surface area (Å²) < 4.78 is 0. The Morgan fingerprint density at radius 3 is 2.15 bits per heavy atom. The van der Waals surface area contributed by atoms with E-state index in [0.717, 1.165) is 19.6 Å². The molecule has 0 aliphatic carbocycles. The molecule has 3 heteroatoms. The minimum atomic E-state index is -0.206. The summed E-state index contributed by atoms with van der Waals surface area (Å²) in [4.78, 5) is 4.75. The van der Waals surface area contributed by atoms with Gasteiger partial charge in [-0.15, -0.1) is 0 Å². The van der Waals surface area contributed by atoms with E-state index in [0.29, 0.717) is 12.1 Å². The number of aliphatic hydroxyl groups is 1. The van der Waals surface area contributed by atoms with Crippen molar-refractivity contribution < 1.29 is 5.11 Å². The monoisotopic (exact) mass is 186 g/mol. The molecule has 1 heterocycles. The second-order valence-corrected chi connectivity index (χ2v) is 4.43. The molecule has 1 aliphatic rings. The van der Waals surface area contributed by atoms with Gasteiger partial charge in [0.15, 0.2) is 0 Å². The molecule has 1 saturated heterocycles. The molecule has 0 saturated carbocycles. The Morgan fingerprint density at radius 1 is 1.31 bits per heavy atom. The Labute approximate surface area is 81.3 Å². The van der Waals surface area contributed by atoms with E-state index in [-0.39, 0.29) is 6.10 Å². The van der Waals surface area contributed by atoms with Crippen LogP contribution in [0.4, 0.5) is 0 Å². The molecule has 2 unspecified atom stereocenters. The van der Waals surface area contributed by atoms with Gasteiger partial charge in [0.2, 0.25) is 0 Å². The molecule has 0 amide bonds. The Balaban J connectivity index is 2.44. The van der Waals surface area contributed by atoms with Gasteiger partial charge in [0.1, 0.15) is 0 Å². The zero-order valence-corrected chi connectivity index (χ0v) is 9.20. The lowest BCUT2D eigenvalue weighted by molar-refractivity contribution is 0.0330. The predicted octanol–water partition coefficient (Wildman–Crippen LogP) is 0.392. The summed E-state index contributed by atoms with van der Waals surface area (Å²) in [5.74, 6) is 0. The van der Waals surface area contributed by atoms with Crippen LogP contribution in [0.2, 0.25) is 0 Å². The van der Waals surface area contributed by atoms with Crippen LogP contribution >= 0.6 is 0 Å². The van der Waals surface area contributed by atoms with Gasteiger partial charge < -0.3 is 5.11 Å². The van der Waals surface area contributed by atoms with Crippen LogP contribution in [0, 0.1) is 0 Å². The highest BCUT2D eigenvalue weighted by atomic mass is 16.3. The van der Waals surface area contributed by atoms with Gasteiger partial charge in [-0.05, 0) is 27.8 Å². The standard InChI is InChI=1S/C10H22N2O/c1-8-5-12(7-10(3)13)6-9(2)11(8)4/h8-10,13H,5-7H2,1-4H3/t8?,9?,10-/m0/s1. The number of piperazine rings is 1. The Bertz CT molecular complexity index is 149. The van der Waals surface area contributed by atoms with Crippen LogP contribution in [0.5, 0.6) is 0 Å². The van der Waals surface area contributed by atoms with Crippen molar-refractivity contribution >= 4 is 0 Å². The van der Waals surface area contributed by atoms with Gasteiger partial charge in [-0.2, -0.15) is 0 Å². The molecule has 3 nitrogen and oxygen atoms in total. The van der Waals surface area contributed by atoms with Gasteiger partial charge in [0, 0.05) is 31.7 Å². The number of hydrogen-bond donors (Lipinski definition) is 1. The fourth-order valence-corrected chi connectivity index (χ4v) is 2.04. The van der Waals surface area contributed by atoms with Gasteiger partial charge in [0.25, 0.3) is 0 Å². The summed E-state index contributed by atoms with van der Waals surface area (Å²) in [5, 5.41) is 9.29. The zero-order valence-electron chi connectivity index (χ0n) is 9.20. The van der Waals surface area contributed by atoms with E-state index in [1.807, 2.05) is 6.92 Å². The van der Waals surface area contributed by atoms with Crippen LogP contribution in [-0.2, 0) is 0 Å². The van der Waals surface area contributed by atoms with E-state index >= 15 is 0 Å². The Morgan fingerprint density at radius 2 is 1.77 bits per heavy atom. The number of nitrogens with zero attached hydrogens (tertiary/aromatic N) is 2. The van der Waals surface area contributed by atoms with E-state index in [1.54, 1.807) is 0 Å². The molecule has 0 aromatic rings. The maximum absolute atomic E-state index is 9.29. The minimum Gasteiger partial charge on any atom is -0.392 e. The molecule has 1 rings (SSSR count). The number of likely N-dealkylation sites (N-methyl/N-ethyl adjacent to an activating group) is 1. The highest BCUT2D eigenvalue weighted by Gasteiger charge is 2.26. The number of β-amino-alcohol motifs (C(OH)–C–C–N with tert-alkyl or cyclic N) is 1. The maximum atomic E-state index is 9.29. The van der Waals surface area contributed by atoms with Crippen molar-refractivity contribution in [1.82, 2.24) is 9.80 Å². The van der Waals surface area contributed by atoms with E-state index in [9.17, 15) is 5.11 Å². The molecule has 0 spiro atoms. The molecule has 1 fully saturated rings. The fraction of sp³-hybridized carbons (Fsp3) is 1.00. The SMILES string of the molecule is CC1CN(C[C@H](C)O)CC(C)N1C. The van der Waals surface area contributed by atoms with Crippen LogP contribution in [0.15, 0.2) is 0 Å². The summed E-state index contributed by atoms with van der Waals surface area (Å²) in [6.07, 6.45) is -0.206. The average Bonchev–Trinajstić information content (AvgIpc) is 1.98. The highest BCUT2D eigenvalue weighted by molar-refractivity contribution is 4.83. The largest absolute Gasteiger partial charge is 0.392 e. The van der Waals surface area contributed by atoms with Gasteiger partial charge in [-0.25, -0.2) is 0 Å². The molecule has 78 valence electrons. The van der Waals surface area contributed by atoms with Crippen LogP contribution < -0.4 is 0 Å². The minimum absolute atomic E-state index is 0.206. The number of rotatable bonds is 2. The summed E-state index contributed by atoms with van der Waals surface area (Å²) in [7, 11) is 2.18. The number of hydrogen-bond acceptors (Lipinski definition) is 3. The topological polar surface area (TPSA) is 26.7 Å². The third-order valence-electron chi connectivity index (χ3n) is 2.96. The molecule has 0 aromatic carbocycles. The van der Waals surface area contributed by atoms with Crippen molar-refractivity contribution in [3.8, 4) is 0 Å². The normalized spacial score (nSPS) is 34.8. The molecule has 1 aliphatic heterocycles. The van der Waals surface area contributed by atoms with Crippen molar-refractivity contribution in [2.75, 3.05) is 26.7 Å². The fourth-order valence-electron chi connectivity index (χ4n) is 2.04. The van der Waals surface area contributed by atoms with Crippen molar-refractivity contribution in [2.24, 2.45) is 0 Å². The first-order chi connectivity index (χ1) is 6.00. The lowest BCUT2D eigenvalue weighted by Gasteiger charge is -2.42. The lowest BCUT2D eigenvalue weighted by atomic mass is 10.1. The van der Waals surface area contributed by atoms with E-state index in [1.165, 1.54) is 0 Å². The first-order valence-electron chi connectivity index (χ1n) is 5.13. The van der Waals surface area contributed by atoms with Crippen LogP contribution in [0.3, 0.4) is 0 Å². The summed E-state index contributed by atoms with van der Waals surface area (Å²) >= 11 is 0. The average molecular weight is 186 g/mol. The molecular formula is C10H22N2O. The molecule has 0 radical (unpaired) electrons. The summed E-state index contributed by atoms with van der Waals surface area (Å²) in [6, 6.07) is 1.20. The predicted molar refractivity (Wildman–Crippen MR) is 54.8 cm³/mol. The highest BCUT2D eigenvalue weighted by Crippen LogP contribution is 2.13.